The predicted octanol–water partition coefficient (Wildman–Crippen LogP) is 5.41. The van der Waals surface area contributed by atoms with Crippen LogP contribution in [0, 0.1) is 0 Å². The molecule has 4 nitrogen and oxygen atoms in total. The van der Waals surface area contributed by atoms with Crippen LogP contribution < -0.4 is 6.15 Å². The zero-order valence-corrected chi connectivity index (χ0v) is 16.7. The van der Waals surface area contributed by atoms with Crippen LogP contribution in [0.1, 0.15) is 13.8 Å². The van der Waals surface area contributed by atoms with Crippen molar-refractivity contribution in [2.24, 2.45) is 0 Å². The average molecular weight is 412 g/mol. The van der Waals surface area contributed by atoms with E-state index in [0.29, 0.717) is 23.3 Å². The van der Waals surface area contributed by atoms with Gasteiger partial charge in [-0.15, -0.1) is 11.8 Å². The van der Waals surface area contributed by atoms with E-state index in [-0.39, 0.29) is 11.6 Å². The second-order valence-electron chi connectivity index (χ2n) is 3.25. The largest absolute Gasteiger partial charge is 0.412 e. The first-order chi connectivity index (χ1) is 9.00. The van der Waals surface area contributed by atoms with Crippen molar-refractivity contribution in [3.63, 3.8) is 0 Å². The van der Waals surface area contributed by atoms with E-state index < -0.39 is 5.69 Å². The molecular formula is C11H20Cl2NO3PS3. The third-order valence-electron chi connectivity index (χ3n) is 1.89. The van der Waals surface area contributed by atoms with E-state index in [0.717, 1.165) is 9.98 Å². The van der Waals surface area contributed by atoms with Gasteiger partial charge in [0.1, 0.15) is 0 Å². The highest BCUT2D eigenvalue weighted by atomic mass is 35.5. The summed E-state index contributed by atoms with van der Waals surface area (Å²) in [6.07, 6.45) is 0. The molecule has 0 heterocycles. The van der Waals surface area contributed by atoms with Crippen LogP contribution in [0.3, 0.4) is 0 Å². The first kappa shape index (κ1) is 24.2. The highest BCUT2D eigenvalue weighted by molar-refractivity contribution is 8.69. The number of halogens is 2. The Morgan fingerprint density at radius 2 is 1.76 bits per heavy atom. The molecule has 0 aliphatic carbocycles. The van der Waals surface area contributed by atoms with Crippen molar-refractivity contribution >= 4 is 63.8 Å². The molecule has 0 saturated heterocycles. The first-order valence-corrected chi connectivity index (χ1v) is 11.6. The molecule has 124 valence electrons. The molecule has 0 spiro atoms. The summed E-state index contributed by atoms with van der Waals surface area (Å²) in [4.78, 5) is 0.941. The van der Waals surface area contributed by atoms with E-state index in [4.69, 9.17) is 44.1 Å². The Kier molecular flexibility index (Phi) is 14.3. The third-order valence-corrected chi connectivity index (χ3v) is 9.69. The molecule has 0 aliphatic heterocycles. The Hall–Kier alpha value is 0.990. The fraction of sp³-hybridized carbons (Fsp3) is 0.455. The van der Waals surface area contributed by atoms with Crippen LogP contribution in [0.25, 0.3) is 0 Å². The van der Waals surface area contributed by atoms with Gasteiger partial charge in [0.25, 0.3) is 0 Å². The molecule has 0 unspecified atom stereocenters. The summed E-state index contributed by atoms with van der Waals surface area (Å²) in [5.74, 6) is 0. The van der Waals surface area contributed by atoms with E-state index in [9.17, 15) is 0 Å². The zero-order chi connectivity index (χ0) is 14.3. The highest BCUT2D eigenvalue weighted by Crippen LogP contribution is 2.62. The van der Waals surface area contributed by atoms with Crippen molar-refractivity contribution in [2.45, 2.75) is 18.7 Å². The monoisotopic (exact) mass is 411 g/mol. The summed E-state index contributed by atoms with van der Waals surface area (Å²) in [7, 11) is 0. The van der Waals surface area contributed by atoms with E-state index >= 15 is 0 Å². The molecular weight excluding hydrogens is 392 g/mol. The summed E-state index contributed by atoms with van der Waals surface area (Å²) in [6, 6.07) is 5.41. The van der Waals surface area contributed by atoms with Gasteiger partial charge >= 0.3 is 0 Å². The lowest BCUT2D eigenvalue weighted by Crippen LogP contribution is -1.92. The van der Waals surface area contributed by atoms with Gasteiger partial charge < -0.3 is 20.7 Å². The number of hydrogen-bond acceptors (Lipinski definition) is 6. The van der Waals surface area contributed by atoms with Crippen LogP contribution in [0.4, 0.5) is 0 Å². The van der Waals surface area contributed by atoms with Crippen molar-refractivity contribution in [1.82, 2.24) is 6.15 Å². The van der Waals surface area contributed by atoms with Gasteiger partial charge in [0.15, 0.2) is 0 Å². The van der Waals surface area contributed by atoms with Crippen LogP contribution in [-0.2, 0) is 20.9 Å². The van der Waals surface area contributed by atoms with Gasteiger partial charge in [-0.25, -0.2) is 0 Å². The van der Waals surface area contributed by atoms with Crippen LogP contribution in [0.5, 0.6) is 0 Å². The number of rotatable bonds is 8. The smallest absolute Gasteiger partial charge is 0.248 e. The minimum atomic E-state index is -2.23. The summed E-state index contributed by atoms with van der Waals surface area (Å²) >= 11 is 20.6. The molecule has 0 amide bonds. The van der Waals surface area contributed by atoms with Gasteiger partial charge in [-0.1, -0.05) is 34.6 Å². The normalized spacial score (nSPS) is 10.7. The highest BCUT2D eigenvalue weighted by Gasteiger charge is 2.18. The van der Waals surface area contributed by atoms with Crippen molar-refractivity contribution in [2.75, 3.05) is 18.3 Å². The van der Waals surface area contributed by atoms with Gasteiger partial charge in [0, 0.05) is 9.92 Å². The third kappa shape index (κ3) is 9.01. The van der Waals surface area contributed by atoms with E-state index in [1.165, 1.54) is 11.4 Å². The molecule has 10 heteroatoms. The fourth-order valence-electron chi connectivity index (χ4n) is 1.17. The minimum Gasteiger partial charge on any atom is -0.412 e. The Labute approximate surface area is 149 Å². The molecule has 0 fully saturated rings. The topological polar surface area (TPSA) is 85.0 Å². The number of thioether (sulfide) groups is 1. The lowest BCUT2D eigenvalue weighted by molar-refractivity contribution is 0.280. The Morgan fingerprint density at radius 3 is 2.29 bits per heavy atom. The molecule has 1 aromatic carbocycles. The molecule has 0 bridgehead atoms. The molecule has 21 heavy (non-hydrogen) atoms. The number of benzene rings is 1. The van der Waals surface area contributed by atoms with Gasteiger partial charge in [-0.05, 0) is 43.9 Å². The van der Waals surface area contributed by atoms with Crippen LogP contribution in [0.15, 0.2) is 23.1 Å². The molecule has 1 rings (SSSR count). The van der Waals surface area contributed by atoms with Crippen molar-refractivity contribution in [3.05, 3.63) is 28.2 Å². The molecule has 0 radical (unpaired) electrons. The maximum Gasteiger partial charge on any atom is 0.248 e. The van der Waals surface area contributed by atoms with Crippen LogP contribution in [-0.4, -0.2) is 23.8 Å². The van der Waals surface area contributed by atoms with Crippen molar-refractivity contribution in [3.8, 4) is 0 Å². The average Bonchev–Trinajstić information content (AvgIpc) is 2.34. The Morgan fingerprint density at radius 1 is 1.19 bits per heavy atom. The quantitative estimate of drug-likeness (QED) is 0.349. The number of hydrogen-bond donors (Lipinski definition) is 1. The SMILES string of the molecule is CCOP(=S)(OCC)SCSc1cc(Cl)ccc1Cl.N.O. The molecule has 0 atom stereocenters. The Bertz CT molecular complexity index is 458. The van der Waals surface area contributed by atoms with Crippen LogP contribution >= 0.6 is 52.0 Å². The van der Waals surface area contributed by atoms with Crippen LogP contribution in [0.2, 0.25) is 10.0 Å². The fourth-order valence-corrected chi connectivity index (χ4v) is 8.71. The summed E-state index contributed by atoms with van der Waals surface area (Å²) in [5, 5.41) is 2.08. The van der Waals surface area contributed by atoms with Gasteiger partial charge in [0.2, 0.25) is 5.69 Å². The van der Waals surface area contributed by atoms with E-state index in [1.54, 1.807) is 23.9 Å². The van der Waals surface area contributed by atoms with Crippen molar-refractivity contribution in [1.29, 1.82) is 0 Å². The lowest BCUT2D eigenvalue weighted by atomic mass is 10.4. The molecule has 0 aliphatic rings. The van der Waals surface area contributed by atoms with E-state index in [1.807, 2.05) is 19.9 Å². The first-order valence-electron chi connectivity index (χ1n) is 5.62. The van der Waals surface area contributed by atoms with Crippen molar-refractivity contribution < 1.29 is 14.5 Å². The second-order valence-corrected chi connectivity index (χ2v) is 11.8. The summed E-state index contributed by atoms with van der Waals surface area (Å²) in [6.45, 7) is 4.96. The molecule has 0 aromatic heterocycles. The molecule has 1 aromatic rings. The molecule has 5 N–H and O–H groups in total. The van der Waals surface area contributed by atoms with Gasteiger partial charge in [-0.3, -0.25) is 0 Å². The maximum absolute atomic E-state index is 6.10. The van der Waals surface area contributed by atoms with Gasteiger partial charge in [0.05, 0.1) is 23.3 Å². The maximum atomic E-state index is 6.10. The lowest BCUT2D eigenvalue weighted by Gasteiger charge is -2.19. The minimum absolute atomic E-state index is 0. The standard InChI is InChI=1S/C11H15Cl2O2PS3.H3N.H2O/c1-3-14-16(17,15-4-2)19-8-18-11-7-9(12)5-6-10(11)13;;/h5-7H,3-4,8H2,1-2H3;1H3;1H2. The summed E-state index contributed by atoms with van der Waals surface area (Å²) in [5.41, 5.74) is -2.23. The second kappa shape index (κ2) is 12.4. The zero-order valence-electron chi connectivity index (χ0n) is 11.8. The van der Waals surface area contributed by atoms with Gasteiger partial charge in [-0.2, -0.15) is 0 Å². The predicted molar refractivity (Wildman–Crippen MR) is 101 cm³/mol. The summed E-state index contributed by atoms with van der Waals surface area (Å²) < 4.78 is 11.1. The Balaban J connectivity index is 0. The molecule has 0 saturated carbocycles. The van der Waals surface area contributed by atoms with E-state index in [2.05, 4.69) is 0 Å².